The maximum absolute atomic E-state index is 13.2. The van der Waals surface area contributed by atoms with Gasteiger partial charge in [0, 0.05) is 37.6 Å². The van der Waals surface area contributed by atoms with E-state index in [0.717, 1.165) is 16.8 Å². The van der Waals surface area contributed by atoms with Gasteiger partial charge in [-0.05, 0) is 25.0 Å². The molecule has 1 aromatic heterocycles. The predicted octanol–water partition coefficient (Wildman–Crippen LogP) is 2.01. The third kappa shape index (κ3) is 2.73. The van der Waals surface area contributed by atoms with Gasteiger partial charge in [-0.1, -0.05) is 18.2 Å². The van der Waals surface area contributed by atoms with E-state index in [1.54, 1.807) is 10.9 Å². The minimum absolute atomic E-state index is 0.00589. The zero-order valence-electron chi connectivity index (χ0n) is 15.6. The lowest BCUT2D eigenvalue weighted by atomic mass is 9.73. The summed E-state index contributed by atoms with van der Waals surface area (Å²) >= 11 is 0. The van der Waals surface area contributed by atoms with Crippen molar-refractivity contribution in [3.8, 4) is 0 Å². The number of carbonyl (C=O) groups excluding carboxylic acids is 2. The highest BCUT2D eigenvalue weighted by Crippen LogP contribution is 2.54. The highest BCUT2D eigenvalue weighted by Gasteiger charge is 2.59. The van der Waals surface area contributed by atoms with Crippen molar-refractivity contribution < 1.29 is 14.3 Å². The number of carbonyl (C=O) groups is 2. The standard InChI is InChI=1S/C20H24N4O3/c1-3-27-11-8-17(25)24-10-9-20(18(24)14-12-21-23(2)13-14)15-6-4-5-7-16(15)22-19(20)26/h4-7,12-13,18H,3,8-11H2,1-2H3,(H,22,26)/t18-,20+/m0/s1. The van der Waals surface area contributed by atoms with Crippen molar-refractivity contribution in [2.24, 2.45) is 7.05 Å². The van der Waals surface area contributed by atoms with E-state index in [4.69, 9.17) is 4.74 Å². The fourth-order valence-corrected chi connectivity index (χ4v) is 4.45. The van der Waals surface area contributed by atoms with Gasteiger partial charge < -0.3 is 15.0 Å². The van der Waals surface area contributed by atoms with Crippen molar-refractivity contribution in [3.05, 3.63) is 47.8 Å². The second-order valence-electron chi connectivity index (χ2n) is 7.10. The number of nitrogens with one attached hydrogen (secondary N) is 1. The molecule has 1 N–H and O–H groups in total. The number of hydrogen-bond acceptors (Lipinski definition) is 4. The predicted molar refractivity (Wildman–Crippen MR) is 100 cm³/mol. The molecule has 7 heteroatoms. The molecule has 1 spiro atoms. The number of anilines is 1. The van der Waals surface area contributed by atoms with Crippen molar-refractivity contribution in [3.63, 3.8) is 0 Å². The van der Waals surface area contributed by atoms with Crippen molar-refractivity contribution in [1.29, 1.82) is 0 Å². The van der Waals surface area contributed by atoms with Gasteiger partial charge in [0.2, 0.25) is 11.8 Å². The fourth-order valence-electron chi connectivity index (χ4n) is 4.45. The molecule has 0 radical (unpaired) electrons. The van der Waals surface area contributed by atoms with E-state index < -0.39 is 5.41 Å². The third-order valence-electron chi connectivity index (χ3n) is 5.61. The van der Waals surface area contributed by atoms with E-state index in [2.05, 4.69) is 10.4 Å². The Hall–Kier alpha value is -2.67. The summed E-state index contributed by atoms with van der Waals surface area (Å²) in [6.07, 6.45) is 4.56. The summed E-state index contributed by atoms with van der Waals surface area (Å²) < 4.78 is 7.07. The van der Waals surface area contributed by atoms with E-state index in [-0.39, 0.29) is 17.9 Å². The number of amides is 2. The largest absolute Gasteiger partial charge is 0.381 e. The van der Waals surface area contributed by atoms with Crippen LogP contribution < -0.4 is 5.32 Å². The topological polar surface area (TPSA) is 76.5 Å². The molecular weight excluding hydrogens is 344 g/mol. The molecule has 0 unspecified atom stereocenters. The summed E-state index contributed by atoms with van der Waals surface area (Å²) in [6.45, 7) is 3.42. The van der Waals surface area contributed by atoms with Crippen molar-refractivity contribution in [1.82, 2.24) is 14.7 Å². The Morgan fingerprint density at radius 1 is 1.41 bits per heavy atom. The third-order valence-corrected chi connectivity index (χ3v) is 5.61. The zero-order chi connectivity index (χ0) is 19.0. The first kappa shape index (κ1) is 17.7. The van der Waals surface area contributed by atoms with Crippen LogP contribution in [0.2, 0.25) is 0 Å². The molecule has 2 aromatic rings. The van der Waals surface area contributed by atoms with E-state index in [1.807, 2.05) is 49.3 Å². The van der Waals surface area contributed by atoms with Gasteiger partial charge in [-0.2, -0.15) is 5.10 Å². The van der Waals surface area contributed by atoms with Crippen LogP contribution in [-0.4, -0.2) is 46.3 Å². The molecule has 2 atom stereocenters. The monoisotopic (exact) mass is 368 g/mol. The van der Waals surface area contributed by atoms with E-state index in [0.29, 0.717) is 32.6 Å². The molecule has 1 saturated heterocycles. The molecule has 7 nitrogen and oxygen atoms in total. The number of ether oxygens (including phenoxy) is 1. The molecule has 1 aromatic carbocycles. The molecule has 4 rings (SSSR count). The first-order valence-electron chi connectivity index (χ1n) is 9.34. The molecule has 1 fully saturated rings. The molecule has 0 bridgehead atoms. The fraction of sp³-hybridized carbons (Fsp3) is 0.450. The second kappa shape index (κ2) is 6.81. The zero-order valence-corrected chi connectivity index (χ0v) is 15.6. The number of fused-ring (bicyclic) bond motifs is 2. The lowest BCUT2D eigenvalue weighted by Crippen LogP contribution is -2.42. The Balaban J connectivity index is 1.76. The number of benzene rings is 1. The summed E-state index contributed by atoms with van der Waals surface area (Å²) in [4.78, 5) is 28.0. The molecule has 0 aliphatic carbocycles. The number of para-hydroxylation sites is 1. The quantitative estimate of drug-likeness (QED) is 0.819. The van der Waals surface area contributed by atoms with Crippen LogP contribution in [0.4, 0.5) is 5.69 Å². The highest BCUT2D eigenvalue weighted by atomic mass is 16.5. The Bertz CT molecular complexity index is 878. The number of nitrogens with zero attached hydrogens (tertiary/aromatic N) is 3. The second-order valence-corrected chi connectivity index (χ2v) is 7.10. The lowest BCUT2D eigenvalue weighted by Gasteiger charge is -2.33. The minimum Gasteiger partial charge on any atom is -0.381 e. The normalized spacial score (nSPS) is 23.7. The number of likely N-dealkylation sites (tertiary alicyclic amines) is 1. The van der Waals surface area contributed by atoms with Crippen LogP contribution >= 0.6 is 0 Å². The highest BCUT2D eigenvalue weighted by molar-refractivity contribution is 6.07. The van der Waals surface area contributed by atoms with Crippen LogP contribution in [0.25, 0.3) is 0 Å². The summed E-state index contributed by atoms with van der Waals surface area (Å²) in [5.41, 5.74) is 1.90. The van der Waals surface area contributed by atoms with Crippen LogP contribution in [-0.2, 0) is 26.8 Å². The Labute approximate surface area is 158 Å². The maximum atomic E-state index is 13.2. The summed E-state index contributed by atoms with van der Waals surface area (Å²) in [7, 11) is 1.84. The van der Waals surface area contributed by atoms with Crippen LogP contribution in [0.1, 0.15) is 36.9 Å². The van der Waals surface area contributed by atoms with Gasteiger partial charge in [0.05, 0.1) is 25.3 Å². The van der Waals surface area contributed by atoms with Crippen LogP contribution in [0.15, 0.2) is 36.7 Å². The molecule has 0 saturated carbocycles. The first-order valence-corrected chi connectivity index (χ1v) is 9.34. The van der Waals surface area contributed by atoms with Crippen molar-refractivity contribution in [2.45, 2.75) is 31.2 Å². The molecule has 142 valence electrons. The molecule has 2 amide bonds. The molecule has 2 aliphatic heterocycles. The van der Waals surface area contributed by atoms with Crippen LogP contribution in [0.5, 0.6) is 0 Å². The average molecular weight is 368 g/mol. The Morgan fingerprint density at radius 2 is 2.22 bits per heavy atom. The first-order chi connectivity index (χ1) is 13.1. The van der Waals surface area contributed by atoms with E-state index in [9.17, 15) is 9.59 Å². The number of hydrogen-bond donors (Lipinski definition) is 1. The van der Waals surface area contributed by atoms with E-state index in [1.165, 1.54) is 0 Å². The average Bonchev–Trinajstić information content (AvgIpc) is 3.33. The molecule has 2 aliphatic rings. The number of rotatable bonds is 5. The van der Waals surface area contributed by atoms with Gasteiger partial charge in [0.25, 0.3) is 0 Å². The summed E-state index contributed by atoms with van der Waals surface area (Å²) in [6, 6.07) is 7.40. The smallest absolute Gasteiger partial charge is 0.237 e. The van der Waals surface area contributed by atoms with E-state index >= 15 is 0 Å². The molecular formula is C20H24N4O3. The van der Waals surface area contributed by atoms with Crippen molar-refractivity contribution in [2.75, 3.05) is 25.1 Å². The maximum Gasteiger partial charge on any atom is 0.237 e. The minimum atomic E-state index is -0.777. The van der Waals surface area contributed by atoms with Gasteiger partial charge in [0.1, 0.15) is 5.41 Å². The summed E-state index contributed by atoms with van der Waals surface area (Å²) in [5.74, 6) is -0.0379. The number of aryl methyl sites for hydroxylation is 1. The van der Waals surface area contributed by atoms with Crippen molar-refractivity contribution >= 4 is 17.5 Å². The van der Waals surface area contributed by atoms with Gasteiger partial charge >= 0.3 is 0 Å². The SMILES string of the molecule is CCOCCC(=O)N1CC[C@]2(C(=O)Nc3ccccc32)[C@@H]1c1cnn(C)c1. The van der Waals surface area contributed by atoms with Gasteiger partial charge in [0.15, 0.2) is 0 Å². The summed E-state index contributed by atoms with van der Waals surface area (Å²) in [5, 5.41) is 7.31. The lowest BCUT2D eigenvalue weighted by molar-refractivity contribution is -0.134. The van der Waals surface area contributed by atoms with Gasteiger partial charge in [-0.3, -0.25) is 14.3 Å². The Kier molecular flexibility index (Phi) is 4.47. The molecule has 27 heavy (non-hydrogen) atoms. The van der Waals surface area contributed by atoms with Gasteiger partial charge in [-0.15, -0.1) is 0 Å². The van der Waals surface area contributed by atoms with Crippen LogP contribution in [0.3, 0.4) is 0 Å². The van der Waals surface area contributed by atoms with Gasteiger partial charge in [-0.25, -0.2) is 0 Å². The van der Waals surface area contributed by atoms with Crippen LogP contribution in [0, 0.1) is 0 Å². The Morgan fingerprint density at radius 3 is 2.96 bits per heavy atom. The molecule has 3 heterocycles. The number of aromatic nitrogens is 2.